The maximum absolute atomic E-state index is 13.3. The Bertz CT molecular complexity index is 1550. The number of hydrogen-bond acceptors (Lipinski definition) is 6. The van der Waals surface area contributed by atoms with E-state index in [1.807, 2.05) is 6.92 Å². The van der Waals surface area contributed by atoms with Gasteiger partial charge in [-0.3, -0.25) is 14.4 Å². The number of likely N-dealkylation sites (N-methyl/N-ethyl adjacent to an activating group) is 2. The van der Waals surface area contributed by atoms with E-state index in [-0.39, 0.29) is 23.8 Å². The third-order valence-electron chi connectivity index (χ3n) is 7.10. The molecule has 0 spiro atoms. The lowest BCUT2D eigenvalue weighted by molar-refractivity contribution is -0.127. The van der Waals surface area contributed by atoms with Gasteiger partial charge in [-0.05, 0) is 38.0 Å². The van der Waals surface area contributed by atoms with E-state index in [4.69, 9.17) is 9.15 Å². The average Bonchev–Trinajstić information content (AvgIpc) is 3.51. The van der Waals surface area contributed by atoms with Crippen molar-refractivity contribution in [3.8, 4) is 11.5 Å². The molecule has 1 saturated heterocycles. The molecular formula is C27H29N5O5. The number of likely N-dealkylation sites (tertiary alicyclic amines) is 1. The van der Waals surface area contributed by atoms with Gasteiger partial charge in [0.15, 0.2) is 5.75 Å². The molecule has 37 heavy (non-hydrogen) atoms. The van der Waals surface area contributed by atoms with Crippen LogP contribution < -0.4 is 10.1 Å². The van der Waals surface area contributed by atoms with Gasteiger partial charge in [-0.1, -0.05) is 0 Å². The number of amides is 3. The minimum absolute atomic E-state index is 0.0138. The molecule has 0 radical (unpaired) electrons. The molecule has 1 aliphatic heterocycles. The maximum Gasteiger partial charge on any atom is 0.255 e. The van der Waals surface area contributed by atoms with E-state index in [1.165, 1.54) is 0 Å². The van der Waals surface area contributed by atoms with Crippen molar-refractivity contribution >= 4 is 34.2 Å². The monoisotopic (exact) mass is 503 g/mol. The second-order valence-corrected chi connectivity index (χ2v) is 9.41. The zero-order valence-corrected chi connectivity index (χ0v) is 21.5. The van der Waals surface area contributed by atoms with Gasteiger partial charge in [-0.25, -0.2) is 4.52 Å². The minimum Gasteiger partial charge on any atom is -0.460 e. The Morgan fingerprint density at radius 2 is 2.05 bits per heavy atom. The molecule has 0 bridgehead atoms. The zero-order valence-electron chi connectivity index (χ0n) is 21.5. The standard InChI is InChI=1S/C27H29N5O5/c1-15-20(27(35)30(4)13-17-6-9-23(33)31(17)5)14-32-25(15)21(10-11-29-32)37-18-7-8-19-22(12-18)36-16(2)24(19)26(34)28-3/h7-8,10-12,14,17H,6,9,13H2,1-5H3,(H,28,34). The van der Waals surface area contributed by atoms with E-state index in [9.17, 15) is 14.4 Å². The SMILES string of the molecule is CNC(=O)c1c(C)oc2cc(Oc3ccnn4cc(C(=O)N(C)CC5CCC(=O)N5C)c(C)c34)ccc12. The summed E-state index contributed by atoms with van der Waals surface area (Å²) < 4.78 is 13.7. The van der Waals surface area contributed by atoms with Crippen molar-refractivity contribution < 1.29 is 23.5 Å². The van der Waals surface area contributed by atoms with Crippen LogP contribution >= 0.6 is 0 Å². The molecule has 10 heteroatoms. The first-order chi connectivity index (χ1) is 17.7. The summed E-state index contributed by atoms with van der Waals surface area (Å²) in [5.41, 5.74) is 2.98. The average molecular weight is 504 g/mol. The van der Waals surface area contributed by atoms with E-state index in [0.29, 0.717) is 57.8 Å². The molecule has 10 nitrogen and oxygen atoms in total. The number of carbonyl (C=O) groups excluding carboxylic acids is 3. The van der Waals surface area contributed by atoms with Crippen LogP contribution in [0.2, 0.25) is 0 Å². The number of furan rings is 1. The van der Waals surface area contributed by atoms with Gasteiger partial charge >= 0.3 is 0 Å². The first-order valence-electron chi connectivity index (χ1n) is 12.1. The number of hydrogen-bond donors (Lipinski definition) is 1. The van der Waals surface area contributed by atoms with Crippen molar-refractivity contribution in [2.75, 3.05) is 27.7 Å². The number of fused-ring (bicyclic) bond motifs is 2. The van der Waals surface area contributed by atoms with Crippen LogP contribution in [0, 0.1) is 13.8 Å². The predicted molar refractivity (Wildman–Crippen MR) is 137 cm³/mol. The molecule has 1 fully saturated rings. The summed E-state index contributed by atoms with van der Waals surface area (Å²) in [7, 11) is 5.11. The molecule has 3 aromatic heterocycles. The minimum atomic E-state index is -0.210. The Morgan fingerprint density at radius 1 is 1.27 bits per heavy atom. The molecule has 4 heterocycles. The Balaban J connectivity index is 1.43. The van der Waals surface area contributed by atoms with Crippen molar-refractivity contribution in [2.24, 2.45) is 0 Å². The number of ether oxygens (including phenoxy) is 1. The van der Waals surface area contributed by atoms with Gasteiger partial charge in [-0.2, -0.15) is 5.10 Å². The number of nitrogens with one attached hydrogen (secondary N) is 1. The highest BCUT2D eigenvalue weighted by Crippen LogP contribution is 2.34. The summed E-state index contributed by atoms with van der Waals surface area (Å²) in [5, 5.41) is 7.71. The summed E-state index contributed by atoms with van der Waals surface area (Å²) in [5.74, 6) is 1.34. The molecule has 4 aromatic rings. The van der Waals surface area contributed by atoms with Crippen LogP contribution in [0.4, 0.5) is 0 Å². The van der Waals surface area contributed by atoms with Gasteiger partial charge in [-0.15, -0.1) is 0 Å². The normalized spacial score (nSPS) is 15.5. The van der Waals surface area contributed by atoms with Crippen molar-refractivity contribution in [2.45, 2.75) is 32.7 Å². The van der Waals surface area contributed by atoms with Crippen LogP contribution in [0.25, 0.3) is 16.5 Å². The molecule has 0 saturated carbocycles. The van der Waals surface area contributed by atoms with Crippen LogP contribution in [0.5, 0.6) is 11.5 Å². The van der Waals surface area contributed by atoms with Gasteiger partial charge in [0.25, 0.3) is 11.8 Å². The predicted octanol–water partition coefficient (Wildman–Crippen LogP) is 3.54. The zero-order chi connectivity index (χ0) is 26.4. The number of aryl methyl sites for hydroxylation is 2. The molecule has 5 rings (SSSR count). The molecule has 1 atom stereocenters. The van der Waals surface area contributed by atoms with Crippen molar-refractivity contribution in [1.82, 2.24) is 24.7 Å². The van der Waals surface area contributed by atoms with Gasteiger partial charge in [0, 0.05) is 63.9 Å². The Hall–Kier alpha value is -4.34. The van der Waals surface area contributed by atoms with Crippen LogP contribution in [0.3, 0.4) is 0 Å². The lowest BCUT2D eigenvalue weighted by Gasteiger charge is -2.26. The molecule has 3 amide bonds. The number of rotatable bonds is 6. The van der Waals surface area contributed by atoms with Crippen LogP contribution in [-0.2, 0) is 4.79 Å². The maximum atomic E-state index is 13.3. The number of nitrogens with zero attached hydrogens (tertiary/aromatic N) is 4. The smallest absolute Gasteiger partial charge is 0.255 e. The van der Waals surface area contributed by atoms with Gasteiger partial charge < -0.3 is 24.3 Å². The molecular weight excluding hydrogens is 474 g/mol. The van der Waals surface area contributed by atoms with E-state index >= 15 is 0 Å². The van der Waals surface area contributed by atoms with E-state index < -0.39 is 0 Å². The highest BCUT2D eigenvalue weighted by atomic mass is 16.5. The first kappa shape index (κ1) is 24.4. The van der Waals surface area contributed by atoms with Gasteiger partial charge in [0.2, 0.25) is 5.91 Å². The van der Waals surface area contributed by atoms with Crippen LogP contribution in [0.15, 0.2) is 41.1 Å². The third-order valence-corrected chi connectivity index (χ3v) is 7.10. The van der Waals surface area contributed by atoms with Crippen molar-refractivity contribution in [1.29, 1.82) is 0 Å². The number of benzene rings is 1. The molecule has 1 N–H and O–H groups in total. The fourth-order valence-electron chi connectivity index (χ4n) is 5.00. The Kier molecular flexibility index (Phi) is 6.10. The first-order valence-corrected chi connectivity index (χ1v) is 12.1. The van der Waals surface area contributed by atoms with Gasteiger partial charge in [0.05, 0.1) is 17.3 Å². The fourth-order valence-corrected chi connectivity index (χ4v) is 5.00. The summed E-state index contributed by atoms with van der Waals surface area (Å²) in [6, 6.07) is 7.07. The third kappa shape index (κ3) is 4.18. The Morgan fingerprint density at radius 3 is 2.76 bits per heavy atom. The quantitative estimate of drug-likeness (QED) is 0.431. The number of carbonyl (C=O) groups is 3. The van der Waals surface area contributed by atoms with Crippen molar-refractivity contribution in [3.63, 3.8) is 0 Å². The van der Waals surface area contributed by atoms with Crippen LogP contribution in [-0.4, -0.2) is 70.9 Å². The topological polar surface area (TPSA) is 109 Å². The van der Waals surface area contributed by atoms with E-state index in [2.05, 4.69) is 10.4 Å². The van der Waals surface area contributed by atoms with Gasteiger partial charge in [0.1, 0.15) is 22.6 Å². The highest BCUT2D eigenvalue weighted by molar-refractivity contribution is 6.07. The molecule has 1 unspecified atom stereocenters. The van der Waals surface area contributed by atoms with E-state index in [0.717, 1.165) is 12.0 Å². The lowest BCUT2D eigenvalue weighted by atomic mass is 10.1. The second-order valence-electron chi connectivity index (χ2n) is 9.41. The molecule has 1 aromatic carbocycles. The van der Waals surface area contributed by atoms with E-state index in [1.54, 1.807) is 79.0 Å². The molecule has 1 aliphatic rings. The second kappa shape index (κ2) is 9.27. The molecule has 0 aliphatic carbocycles. The summed E-state index contributed by atoms with van der Waals surface area (Å²) >= 11 is 0. The highest BCUT2D eigenvalue weighted by Gasteiger charge is 2.30. The lowest BCUT2D eigenvalue weighted by Crippen LogP contribution is -2.40. The summed E-state index contributed by atoms with van der Waals surface area (Å²) in [6.45, 7) is 4.08. The Labute approximate surface area is 213 Å². The fraction of sp³-hybridized carbons (Fsp3) is 0.333. The van der Waals surface area contributed by atoms with Crippen molar-refractivity contribution in [3.05, 3.63) is 59.1 Å². The summed E-state index contributed by atoms with van der Waals surface area (Å²) in [6.07, 6.45) is 4.57. The summed E-state index contributed by atoms with van der Waals surface area (Å²) in [4.78, 5) is 40.8. The van der Waals surface area contributed by atoms with Crippen LogP contribution in [0.1, 0.15) is 44.9 Å². The molecule has 192 valence electrons. The largest absolute Gasteiger partial charge is 0.460 e. The number of aromatic nitrogens is 2.